The van der Waals surface area contributed by atoms with Gasteiger partial charge in [-0.15, -0.1) is 0 Å². The largest absolute Gasteiger partial charge is 0.0629 e. The zero-order valence-electron chi connectivity index (χ0n) is 24.5. The maximum atomic E-state index is 8.67. The Hall–Kier alpha value is -4.68. The second-order valence-corrected chi connectivity index (χ2v) is 8.95. The summed E-state index contributed by atoms with van der Waals surface area (Å²) >= 11 is 0. The molecule has 0 heterocycles. The molecule has 0 spiro atoms. The first-order valence-electron chi connectivity index (χ1n) is 14.5. The molecule has 0 saturated carbocycles. The smallest absolute Gasteiger partial charge is 0.0622 e. The van der Waals surface area contributed by atoms with Gasteiger partial charge in [0.25, 0.3) is 0 Å². The highest BCUT2D eigenvalue weighted by Crippen LogP contribution is 2.46. The van der Waals surface area contributed by atoms with Gasteiger partial charge in [-0.25, -0.2) is 0 Å². The van der Waals surface area contributed by atoms with E-state index < -0.39 is 6.04 Å². The van der Waals surface area contributed by atoms with Crippen molar-refractivity contribution in [3.63, 3.8) is 0 Å². The minimum Gasteiger partial charge on any atom is -0.0622 e. The van der Waals surface area contributed by atoms with Crippen molar-refractivity contribution in [1.82, 2.24) is 0 Å². The lowest BCUT2D eigenvalue weighted by molar-refractivity contribution is 1.63. The van der Waals surface area contributed by atoms with E-state index in [0.717, 1.165) is 49.0 Å². The van der Waals surface area contributed by atoms with Gasteiger partial charge in [-0.1, -0.05) is 133 Å². The van der Waals surface area contributed by atoms with Crippen molar-refractivity contribution in [2.24, 2.45) is 0 Å². The lowest BCUT2D eigenvalue weighted by Crippen LogP contribution is -1.92. The van der Waals surface area contributed by atoms with Crippen LogP contribution in [0.4, 0.5) is 0 Å². The monoisotopic (exact) mass is 461 g/mol. The molecule has 0 aliphatic heterocycles. The molecule has 0 amide bonds. The Kier molecular flexibility index (Phi) is 3.80. The third-order valence-corrected chi connectivity index (χ3v) is 6.91. The average Bonchev–Trinajstić information content (AvgIpc) is 3.02. The zero-order chi connectivity index (χ0) is 28.2. The summed E-state index contributed by atoms with van der Waals surface area (Å²) in [7, 11) is 0. The summed E-state index contributed by atoms with van der Waals surface area (Å²) in [6.07, 6.45) is 0. The molecule has 168 valence electrons. The summed E-state index contributed by atoms with van der Waals surface area (Å²) in [5.74, 6) is 0. The number of fused-ring (bicyclic) bond motifs is 3. The Labute approximate surface area is 218 Å². The molecule has 7 aromatic carbocycles. The molecule has 0 bridgehead atoms. The molecule has 7 aromatic rings. The van der Waals surface area contributed by atoms with Crippen LogP contribution in [0.25, 0.3) is 65.7 Å². The summed E-state index contributed by atoms with van der Waals surface area (Å²) in [6.45, 7) is 0. The third kappa shape index (κ3) is 3.31. The first-order valence-corrected chi connectivity index (χ1v) is 12.0. The molecule has 0 atom stereocenters. The van der Waals surface area contributed by atoms with Crippen LogP contribution in [0.2, 0.25) is 0 Å². The van der Waals surface area contributed by atoms with Gasteiger partial charge in [0, 0.05) is 0 Å². The maximum absolute atomic E-state index is 8.67. The van der Waals surface area contributed by atoms with E-state index in [4.69, 9.17) is 6.85 Å². The molecular formula is C36H24. The minimum atomic E-state index is -0.391. The zero-order valence-corrected chi connectivity index (χ0v) is 19.5. The fraction of sp³-hybridized carbons (Fsp3) is 0. The summed E-state index contributed by atoms with van der Waals surface area (Å²) in [5, 5.41) is 6.41. The number of hydrogen-bond donors (Lipinski definition) is 0. The van der Waals surface area contributed by atoms with E-state index in [-0.39, 0.29) is 29.7 Å². The predicted molar refractivity (Wildman–Crippen MR) is 155 cm³/mol. The Morgan fingerprint density at radius 3 is 1.56 bits per heavy atom. The van der Waals surface area contributed by atoms with Crippen molar-refractivity contribution < 1.29 is 6.85 Å². The third-order valence-electron chi connectivity index (χ3n) is 6.91. The summed E-state index contributed by atoms with van der Waals surface area (Å²) in [4.78, 5) is 0. The van der Waals surface area contributed by atoms with Crippen LogP contribution >= 0.6 is 0 Å². The van der Waals surface area contributed by atoms with Crippen LogP contribution in [-0.4, -0.2) is 0 Å². The van der Waals surface area contributed by atoms with Crippen molar-refractivity contribution in [2.45, 2.75) is 0 Å². The second-order valence-electron chi connectivity index (χ2n) is 8.95. The molecule has 0 fully saturated rings. The second kappa shape index (κ2) is 8.52. The van der Waals surface area contributed by atoms with Crippen LogP contribution in [0.5, 0.6) is 0 Å². The van der Waals surface area contributed by atoms with E-state index in [9.17, 15) is 0 Å². The van der Waals surface area contributed by atoms with Gasteiger partial charge < -0.3 is 0 Å². The van der Waals surface area contributed by atoms with Gasteiger partial charge in [0.1, 0.15) is 0 Å². The highest BCUT2D eigenvalue weighted by atomic mass is 14.2. The molecule has 0 heteroatoms. The highest BCUT2D eigenvalue weighted by Gasteiger charge is 2.18. The molecule has 0 saturated heterocycles. The Balaban J connectivity index is 1.66. The molecule has 0 radical (unpaired) electrons. The highest BCUT2D eigenvalue weighted by molar-refractivity contribution is 6.23. The van der Waals surface area contributed by atoms with E-state index in [1.54, 1.807) is 0 Å². The SMILES string of the molecule is [2H]c1c([2H])c([2H])c(-c2cc(-c3c4ccccc4c(-c4ccccc4)c4ccccc34)c3ccccc3c2)c([2H])c1[2H]. The molecule has 0 aliphatic rings. The van der Waals surface area contributed by atoms with E-state index in [2.05, 4.69) is 78.9 Å². The van der Waals surface area contributed by atoms with Crippen molar-refractivity contribution in [1.29, 1.82) is 0 Å². The summed E-state index contributed by atoms with van der Waals surface area (Å²) in [6, 6.07) is 37.8. The first kappa shape index (κ1) is 16.1. The standard InChI is InChI=1S/C36H24/c1-3-13-25(14-4-1)28-23-27-17-7-8-18-29(27)34(24-28)36-32-21-11-9-19-30(32)35(26-15-5-2-6-16-26)31-20-10-12-22-33(31)36/h1-24H/i1D,3D,4D,13D,14D. The van der Waals surface area contributed by atoms with Crippen LogP contribution in [0.3, 0.4) is 0 Å². The molecule has 0 unspecified atom stereocenters. The number of hydrogen-bond acceptors (Lipinski definition) is 0. The average molecular weight is 462 g/mol. The minimum absolute atomic E-state index is 0.202. The van der Waals surface area contributed by atoms with Gasteiger partial charge in [-0.3, -0.25) is 0 Å². The number of rotatable bonds is 3. The van der Waals surface area contributed by atoms with Gasteiger partial charge >= 0.3 is 0 Å². The van der Waals surface area contributed by atoms with Gasteiger partial charge in [-0.2, -0.15) is 0 Å². The van der Waals surface area contributed by atoms with Crippen molar-refractivity contribution in [3.05, 3.63) is 145 Å². The van der Waals surface area contributed by atoms with E-state index >= 15 is 0 Å². The van der Waals surface area contributed by atoms with E-state index in [1.807, 2.05) is 36.4 Å². The Morgan fingerprint density at radius 2 is 0.917 bits per heavy atom. The van der Waals surface area contributed by atoms with Gasteiger partial charge in [0.15, 0.2) is 0 Å². The molecule has 0 aromatic heterocycles. The fourth-order valence-electron chi connectivity index (χ4n) is 5.39. The Bertz CT molecular complexity index is 2060. The maximum Gasteiger partial charge on any atom is 0.0629 e. The normalized spacial score (nSPS) is 13.3. The molecule has 7 rings (SSSR count). The predicted octanol–water partition coefficient (Wildman–Crippen LogP) is 10.1. The summed E-state index contributed by atoms with van der Waals surface area (Å²) < 4.78 is 42.0. The van der Waals surface area contributed by atoms with E-state index in [1.165, 1.54) is 5.56 Å². The molecular weight excluding hydrogens is 432 g/mol. The molecule has 0 nitrogen and oxygen atoms in total. The molecule has 0 N–H and O–H groups in total. The van der Waals surface area contributed by atoms with Crippen molar-refractivity contribution in [2.75, 3.05) is 0 Å². The van der Waals surface area contributed by atoms with Gasteiger partial charge in [0.2, 0.25) is 0 Å². The quantitative estimate of drug-likeness (QED) is 0.230. The van der Waals surface area contributed by atoms with Crippen LogP contribution < -0.4 is 0 Å². The van der Waals surface area contributed by atoms with Crippen LogP contribution in [-0.2, 0) is 0 Å². The van der Waals surface area contributed by atoms with Gasteiger partial charge in [0.05, 0.1) is 6.85 Å². The molecule has 36 heavy (non-hydrogen) atoms. The van der Waals surface area contributed by atoms with Gasteiger partial charge in [-0.05, 0) is 77.8 Å². The van der Waals surface area contributed by atoms with Crippen LogP contribution in [0.15, 0.2) is 145 Å². The van der Waals surface area contributed by atoms with Crippen molar-refractivity contribution in [3.8, 4) is 33.4 Å². The first-order chi connectivity index (χ1) is 20.0. The topological polar surface area (TPSA) is 0 Å². The van der Waals surface area contributed by atoms with Crippen molar-refractivity contribution >= 4 is 32.3 Å². The fourth-order valence-corrected chi connectivity index (χ4v) is 5.39. The molecule has 0 aliphatic carbocycles. The lowest BCUT2D eigenvalue weighted by atomic mass is 9.84. The lowest BCUT2D eigenvalue weighted by Gasteiger charge is -2.19. The van der Waals surface area contributed by atoms with Crippen LogP contribution in [0.1, 0.15) is 6.85 Å². The Morgan fingerprint density at radius 1 is 0.389 bits per heavy atom. The summed E-state index contributed by atoms with van der Waals surface area (Å²) in [5.41, 5.74) is 5.13. The van der Waals surface area contributed by atoms with Crippen LogP contribution in [0, 0.1) is 0 Å². The number of benzene rings is 7. The van der Waals surface area contributed by atoms with E-state index in [0.29, 0.717) is 5.56 Å².